The molecule has 0 aromatic rings. The Morgan fingerprint density at radius 2 is 2.18 bits per heavy atom. The fourth-order valence-electron chi connectivity index (χ4n) is 2.49. The van der Waals surface area contributed by atoms with E-state index in [1.165, 1.54) is 25.7 Å². The smallest absolute Gasteiger partial charge is 0.0933 e. The molecule has 1 saturated heterocycles. The Morgan fingerprint density at radius 3 is 2.76 bits per heavy atom. The molecule has 1 aliphatic rings. The molecule has 0 radical (unpaired) electrons. The third-order valence-electron chi connectivity index (χ3n) is 3.87. The Kier molecular flexibility index (Phi) is 7.09. The first-order valence-electron chi connectivity index (χ1n) is 7.17. The van der Waals surface area contributed by atoms with Gasteiger partial charge in [0.1, 0.15) is 0 Å². The molecule has 1 heterocycles. The van der Waals surface area contributed by atoms with Gasteiger partial charge in [0.2, 0.25) is 0 Å². The Labute approximate surface area is 106 Å². The topological polar surface area (TPSA) is 32.7 Å². The maximum atomic E-state index is 9.18. The summed E-state index contributed by atoms with van der Waals surface area (Å²) in [6, 6.07) is 0.494. The number of unbranched alkanes of at least 4 members (excludes halogenated alkanes) is 1. The quantitative estimate of drug-likeness (QED) is 0.744. The van der Waals surface area contributed by atoms with E-state index in [-0.39, 0.29) is 12.7 Å². The molecule has 1 N–H and O–H groups in total. The summed E-state index contributed by atoms with van der Waals surface area (Å²) in [5.41, 5.74) is 0. The van der Waals surface area contributed by atoms with Crippen LogP contribution in [0.1, 0.15) is 46.5 Å². The minimum atomic E-state index is 0.0230. The van der Waals surface area contributed by atoms with Crippen LogP contribution in [0.4, 0.5) is 0 Å². The third-order valence-corrected chi connectivity index (χ3v) is 3.87. The third kappa shape index (κ3) is 4.94. The summed E-state index contributed by atoms with van der Waals surface area (Å²) in [4.78, 5) is 2.49. The second kappa shape index (κ2) is 8.06. The highest BCUT2D eigenvalue weighted by Crippen LogP contribution is 2.19. The second-order valence-electron chi connectivity index (χ2n) is 5.36. The predicted octanol–water partition coefficient (Wildman–Crippen LogP) is 2.28. The zero-order valence-corrected chi connectivity index (χ0v) is 11.7. The number of nitrogens with zero attached hydrogens (tertiary/aromatic N) is 1. The van der Waals surface area contributed by atoms with Gasteiger partial charge in [0.15, 0.2) is 0 Å². The van der Waals surface area contributed by atoms with Gasteiger partial charge in [0, 0.05) is 19.1 Å². The number of rotatable bonds is 7. The maximum absolute atomic E-state index is 9.18. The summed E-state index contributed by atoms with van der Waals surface area (Å²) < 4.78 is 5.57. The average molecular weight is 243 g/mol. The Morgan fingerprint density at radius 1 is 1.41 bits per heavy atom. The molecule has 0 saturated carbocycles. The van der Waals surface area contributed by atoms with Gasteiger partial charge in [-0.2, -0.15) is 0 Å². The molecule has 102 valence electrons. The highest BCUT2D eigenvalue weighted by molar-refractivity contribution is 4.79. The van der Waals surface area contributed by atoms with Crippen LogP contribution < -0.4 is 0 Å². The van der Waals surface area contributed by atoms with Crippen LogP contribution in [0.3, 0.4) is 0 Å². The van der Waals surface area contributed by atoms with Crippen molar-refractivity contribution >= 4 is 0 Å². The van der Waals surface area contributed by atoms with Crippen LogP contribution in [0.2, 0.25) is 0 Å². The summed E-state index contributed by atoms with van der Waals surface area (Å²) in [7, 11) is 0. The van der Waals surface area contributed by atoms with Crippen molar-refractivity contribution in [1.82, 2.24) is 4.90 Å². The number of aliphatic hydroxyl groups is 1. The molecule has 0 bridgehead atoms. The largest absolute Gasteiger partial charge is 0.394 e. The summed E-state index contributed by atoms with van der Waals surface area (Å²) >= 11 is 0. The predicted molar refractivity (Wildman–Crippen MR) is 71.2 cm³/mol. The fraction of sp³-hybridized carbons (Fsp3) is 1.00. The summed E-state index contributed by atoms with van der Waals surface area (Å²) in [5.74, 6) is 0.801. The number of aliphatic hydroxyl groups excluding tert-OH is 1. The van der Waals surface area contributed by atoms with E-state index in [1.807, 2.05) is 0 Å². The van der Waals surface area contributed by atoms with Crippen LogP contribution in [0.15, 0.2) is 0 Å². The van der Waals surface area contributed by atoms with Crippen molar-refractivity contribution < 1.29 is 9.84 Å². The highest BCUT2D eigenvalue weighted by atomic mass is 16.5. The molecule has 17 heavy (non-hydrogen) atoms. The van der Waals surface area contributed by atoms with Gasteiger partial charge in [-0.25, -0.2) is 0 Å². The van der Waals surface area contributed by atoms with Crippen molar-refractivity contribution in [2.24, 2.45) is 5.92 Å². The minimum absolute atomic E-state index is 0.0230. The van der Waals surface area contributed by atoms with E-state index in [9.17, 15) is 5.11 Å². The zero-order valence-electron chi connectivity index (χ0n) is 11.7. The molecular weight excluding hydrogens is 214 g/mol. The SMILES string of the molecule is CCCCC(CC)CN1CC(CO)OCC1C. The van der Waals surface area contributed by atoms with Gasteiger partial charge in [-0.15, -0.1) is 0 Å². The van der Waals surface area contributed by atoms with Gasteiger partial charge in [0.25, 0.3) is 0 Å². The minimum Gasteiger partial charge on any atom is -0.394 e. The van der Waals surface area contributed by atoms with Crippen LogP contribution in [0.25, 0.3) is 0 Å². The van der Waals surface area contributed by atoms with Crippen molar-refractivity contribution in [3.63, 3.8) is 0 Å². The van der Waals surface area contributed by atoms with E-state index in [0.717, 1.165) is 25.6 Å². The lowest BCUT2D eigenvalue weighted by molar-refractivity contribution is -0.0818. The first-order chi connectivity index (χ1) is 8.21. The van der Waals surface area contributed by atoms with Gasteiger partial charge >= 0.3 is 0 Å². The average Bonchev–Trinajstić information content (AvgIpc) is 2.36. The van der Waals surface area contributed by atoms with Gasteiger partial charge < -0.3 is 9.84 Å². The van der Waals surface area contributed by atoms with E-state index in [4.69, 9.17) is 4.74 Å². The summed E-state index contributed by atoms with van der Waals surface area (Å²) in [6.07, 6.45) is 5.24. The molecule has 3 unspecified atom stereocenters. The Bertz CT molecular complexity index is 199. The van der Waals surface area contributed by atoms with Crippen molar-refractivity contribution in [2.45, 2.75) is 58.6 Å². The van der Waals surface area contributed by atoms with Crippen LogP contribution in [0, 0.1) is 5.92 Å². The first-order valence-corrected chi connectivity index (χ1v) is 7.17. The lowest BCUT2D eigenvalue weighted by Crippen LogP contribution is -2.50. The van der Waals surface area contributed by atoms with Gasteiger partial charge in [-0.3, -0.25) is 4.90 Å². The number of ether oxygens (including phenoxy) is 1. The highest BCUT2D eigenvalue weighted by Gasteiger charge is 2.26. The molecule has 3 atom stereocenters. The van der Waals surface area contributed by atoms with Gasteiger partial charge in [0.05, 0.1) is 19.3 Å². The lowest BCUT2D eigenvalue weighted by Gasteiger charge is -2.39. The molecule has 0 spiro atoms. The van der Waals surface area contributed by atoms with E-state index < -0.39 is 0 Å². The van der Waals surface area contributed by atoms with Crippen molar-refractivity contribution in [3.05, 3.63) is 0 Å². The first kappa shape index (κ1) is 14.9. The van der Waals surface area contributed by atoms with Crippen LogP contribution in [-0.2, 0) is 4.74 Å². The summed E-state index contributed by atoms with van der Waals surface area (Å²) in [6.45, 7) is 9.73. The molecule has 3 heteroatoms. The lowest BCUT2D eigenvalue weighted by atomic mass is 9.97. The monoisotopic (exact) mass is 243 g/mol. The van der Waals surface area contributed by atoms with E-state index in [0.29, 0.717) is 6.04 Å². The molecular formula is C14H29NO2. The van der Waals surface area contributed by atoms with Crippen LogP contribution in [-0.4, -0.2) is 48.5 Å². The summed E-state index contributed by atoms with van der Waals surface area (Å²) in [5, 5.41) is 9.18. The molecule has 0 aromatic heterocycles. The molecule has 1 rings (SSSR count). The van der Waals surface area contributed by atoms with Crippen LogP contribution in [0.5, 0.6) is 0 Å². The molecule has 1 fully saturated rings. The molecule has 0 aromatic carbocycles. The van der Waals surface area contributed by atoms with Crippen LogP contribution >= 0.6 is 0 Å². The number of hydrogen-bond acceptors (Lipinski definition) is 3. The zero-order chi connectivity index (χ0) is 12.7. The maximum Gasteiger partial charge on any atom is 0.0933 e. The van der Waals surface area contributed by atoms with Crippen molar-refractivity contribution in [3.8, 4) is 0 Å². The molecule has 3 nitrogen and oxygen atoms in total. The normalized spacial score (nSPS) is 28.2. The standard InChI is InChI=1S/C14H29NO2/c1-4-6-7-13(5-2)8-15-9-14(10-16)17-11-12(15)3/h12-14,16H,4-11H2,1-3H3. The van der Waals surface area contributed by atoms with Crippen molar-refractivity contribution in [2.75, 3.05) is 26.3 Å². The second-order valence-corrected chi connectivity index (χ2v) is 5.36. The molecule has 0 aliphatic carbocycles. The Balaban J connectivity index is 2.40. The fourth-order valence-corrected chi connectivity index (χ4v) is 2.49. The van der Waals surface area contributed by atoms with Gasteiger partial charge in [-0.05, 0) is 19.3 Å². The number of hydrogen-bond donors (Lipinski definition) is 1. The van der Waals surface area contributed by atoms with E-state index in [1.54, 1.807) is 0 Å². The molecule has 1 aliphatic heterocycles. The van der Waals surface area contributed by atoms with Crippen molar-refractivity contribution in [1.29, 1.82) is 0 Å². The van der Waals surface area contributed by atoms with Gasteiger partial charge in [-0.1, -0.05) is 33.1 Å². The Hall–Kier alpha value is -0.120. The number of morpholine rings is 1. The van der Waals surface area contributed by atoms with E-state index >= 15 is 0 Å². The molecule has 0 amide bonds. The van der Waals surface area contributed by atoms with E-state index in [2.05, 4.69) is 25.7 Å².